The first kappa shape index (κ1) is 19.1. The molecule has 0 saturated heterocycles. The number of thioether (sulfide) groups is 1. The molecule has 4 nitrogen and oxygen atoms in total. The fourth-order valence-electron chi connectivity index (χ4n) is 1.93. The second-order valence-corrected chi connectivity index (χ2v) is 6.49. The molecular formula is C19H18ClNO3S. The number of esters is 1. The number of nitrogens with one attached hydrogen (secondary N) is 1. The van der Waals surface area contributed by atoms with Crippen LogP contribution in [0.2, 0.25) is 5.02 Å². The van der Waals surface area contributed by atoms with E-state index in [2.05, 4.69) is 5.32 Å². The summed E-state index contributed by atoms with van der Waals surface area (Å²) in [5.74, 6) is -0.178. The van der Waals surface area contributed by atoms with Gasteiger partial charge in [0, 0.05) is 21.7 Å². The third-order valence-corrected chi connectivity index (χ3v) is 4.29. The van der Waals surface area contributed by atoms with Crippen LogP contribution in [0.5, 0.6) is 0 Å². The zero-order valence-electron chi connectivity index (χ0n) is 13.7. The van der Waals surface area contributed by atoms with Gasteiger partial charge in [-0.25, -0.2) is 4.79 Å². The van der Waals surface area contributed by atoms with Crippen LogP contribution in [-0.4, -0.2) is 24.2 Å². The fourth-order valence-corrected chi connectivity index (χ4v) is 2.94. The van der Waals surface area contributed by atoms with Crippen LogP contribution >= 0.6 is 23.4 Å². The van der Waals surface area contributed by atoms with Crippen molar-refractivity contribution in [2.75, 3.05) is 17.7 Å². The molecule has 0 aliphatic heterocycles. The third-order valence-electron chi connectivity index (χ3n) is 3.06. The zero-order chi connectivity index (χ0) is 18.1. The van der Waals surface area contributed by atoms with Gasteiger partial charge in [0.05, 0.1) is 12.4 Å². The van der Waals surface area contributed by atoms with Gasteiger partial charge in [-0.2, -0.15) is 0 Å². The number of carbonyl (C=O) groups is 2. The van der Waals surface area contributed by atoms with Gasteiger partial charge in [-0.15, -0.1) is 11.8 Å². The summed E-state index contributed by atoms with van der Waals surface area (Å²) < 4.78 is 4.82. The van der Waals surface area contributed by atoms with Crippen LogP contribution in [0.3, 0.4) is 0 Å². The molecule has 0 bridgehead atoms. The zero-order valence-corrected chi connectivity index (χ0v) is 15.3. The average molecular weight is 376 g/mol. The highest BCUT2D eigenvalue weighted by Crippen LogP contribution is 2.21. The van der Waals surface area contributed by atoms with Crippen molar-refractivity contribution < 1.29 is 14.3 Å². The quantitative estimate of drug-likeness (QED) is 0.435. The van der Waals surface area contributed by atoms with E-state index in [1.54, 1.807) is 31.2 Å². The summed E-state index contributed by atoms with van der Waals surface area (Å²) in [6, 6.07) is 14.6. The molecule has 2 rings (SSSR count). The van der Waals surface area contributed by atoms with Crippen LogP contribution in [0.25, 0.3) is 6.08 Å². The molecule has 0 aliphatic carbocycles. The highest BCUT2D eigenvalue weighted by Gasteiger charge is 2.04. The van der Waals surface area contributed by atoms with Gasteiger partial charge in [-0.1, -0.05) is 29.8 Å². The lowest BCUT2D eigenvalue weighted by molar-refractivity contribution is -0.137. The number of amides is 1. The Morgan fingerprint density at radius 1 is 1.20 bits per heavy atom. The SMILES string of the molecule is CCOC(=O)/C=C/c1ccc(NC(=O)CSc2cccc(Cl)c2)cc1. The second-order valence-electron chi connectivity index (χ2n) is 5.00. The van der Waals surface area contributed by atoms with Gasteiger partial charge in [0.1, 0.15) is 0 Å². The Hall–Kier alpha value is -2.24. The molecule has 0 heterocycles. The minimum atomic E-state index is -0.377. The number of ether oxygens (including phenoxy) is 1. The van der Waals surface area contributed by atoms with Gasteiger partial charge >= 0.3 is 5.97 Å². The molecule has 0 unspecified atom stereocenters. The maximum Gasteiger partial charge on any atom is 0.330 e. The normalized spacial score (nSPS) is 10.6. The number of halogens is 1. The molecule has 1 amide bonds. The predicted octanol–water partition coefficient (Wildman–Crippen LogP) is 4.65. The minimum Gasteiger partial charge on any atom is -0.463 e. The Morgan fingerprint density at radius 3 is 2.64 bits per heavy atom. The van der Waals surface area contributed by atoms with E-state index in [0.717, 1.165) is 10.5 Å². The van der Waals surface area contributed by atoms with Crippen molar-refractivity contribution in [3.63, 3.8) is 0 Å². The smallest absolute Gasteiger partial charge is 0.330 e. The van der Waals surface area contributed by atoms with Crippen LogP contribution < -0.4 is 5.32 Å². The first-order chi connectivity index (χ1) is 12.1. The van der Waals surface area contributed by atoms with Crippen LogP contribution in [0.15, 0.2) is 59.5 Å². The third kappa shape index (κ3) is 7.03. The Kier molecular flexibility index (Phi) is 7.57. The maximum atomic E-state index is 12.0. The number of hydrogen-bond donors (Lipinski definition) is 1. The molecular weight excluding hydrogens is 358 g/mol. The van der Waals surface area contributed by atoms with Crippen molar-refractivity contribution in [2.45, 2.75) is 11.8 Å². The Balaban J connectivity index is 1.83. The second kappa shape index (κ2) is 9.91. The van der Waals surface area contributed by atoms with Crippen LogP contribution in [-0.2, 0) is 14.3 Å². The van der Waals surface area contributed by atoms with Crippen molar-refractivity contribution in [3.05, 3.63) is 65.2 Å². The van der Waals surface area contributed by atoms with Crippen molar-refractivity contribution in [1.29, 1.82) is 0 Å². The predicted molar refractivity (Wildman–Crippen MR) is 103 cm³/mol. The van der Waals surface area contributed by atoms with Gasteiger partial charge in [0.25, 0.3) is 0 Å². The molecule has 6 heteroatoms. The van der Waals surface area contributed by atoms with Gasteiger partial charge in [0.2, 0.25) is 5.91 Å². The Morgan fingerprint density at radius 2 is 1.96 bits per heavy atom. The minimum absolute atomic E-state index is 0.0974. The van der Waals surface area contributed by atoms with Gasteiger partial charge < -0.3 is 10.1 Å². The monoisotopic (exact) mass is 375 g/mol. The first-order valence-corrected chi connectivity index (χ1v) is 9.06. The topological polar surface area (TPSA) is 55.4 Å². The molecule has 0 aromatic heterocycles. The summed E-state index contributed by atoms with van der Waals surface area (Å²) in [4.78, 5) is 24.2. The van der Waals surface area contributed by atoms with Crippen LogP contribution in [0.1, 0.15) is 12.5 Å². The number of benzene rings is 2. The van der Waals surface area contributed by atoms with E-state index in [-0.39, 0.29) is 11.9 Å². The van der Waals surface area contributed by atoms with E-state index in [4.69, 9.17) is 16.3 Å². The number of rotatable bonds is 7. The number of anilines is 1. The van der Waals surface area contributed by atoms with Crippen molar-refractivity contribution in [1.82, 2.24) is 0 Å². The van der Waals surface area contributed by atoms with E-state index < -0.39 is 0 Å². The molecule has 1 N–H and O–H groups in total. The van der Waals surface area contributed by atoms with Crippen molar-refractivity contribution in [3.8, 4) is 0 Å². The molecule has 0 saturated carbocycles. The average Bonchev–Trinajstić information content (AvgIpc) is 2.60. The molecule has 130 valence electrons. The lowest BCUT2D eigenvalue weighted by Gasteiger charge is -2.06. The van der Waals surface area contributed by atoms with E-state index >= 15 is 0 Å². The molecule has 0 fully saturated rings. The molecule has 0 radical (unpaired) electrons. The first-order valence-electron chi connectivity index (χ1n) is 7.70. The fraction of sp³-hybridized carbons (Fsp3) is 0.158. The molecule has 0 aliphatic rings. The lowest BCUT2D eigenvalue weighted by atomic mass is 10.2. The molecule has 2 aromatic rings. The van der Waals surface area contributed by atoms with Gasteiger partial charge in [-0.3, -0.25) is 4.79 Å². The van der Waals surface area contributed by atoms with Gasteiger partial charge in [-0.05, 0) is 48.9 Å². The maximum absolute atomic E-state index is 12.0. The number of hydrogen-bond acceptors (Lipinski definition) is 4. The Labute approximate surface area is 156 Å². The summed E-state index contributed by atoms with van der Waals surface area (Å²) in [6.45, 7) is 2.11. The van der Waals surface area contributed by atoms with Crippen LogP contribution in [0, 0.1) is 0 Å². The number of carbonyl (C=O) groups excluding carboxylic acids is 2. The summed E-state index contributed by atoms with van der Waals surface area (Å²) >= 11 is 7.34. The van der Waals surface area contributed by atoms with E-state index in [0.29, 0.717) is 23.1 Å². The summed E-state index contributed by atoms with van der Waals surface area (Å²) in [5, 5.41) is 3.48. The summed E-state index contributed by atoms with van der Waals surface area (Å²) in [6.07, 6.45) is 3.04. The van der Waals surface area contributed by atoms with E-state index in [1.807, 2.05) is 30.3 Å². The summed E-state index contributed by atoms with van der Waals surface area (Å²) in [7, 11) is 0. The highest BCUT2D eigenvalue weighted by atomic mass is 35.5. The molecule has 0 spiro atoms. The molecule has 2 aromatic carbocycles. The van der Waals surface area contributed by atoms with Crippen LogP contribution in [0.4, 0.5) is 5.69 Å². The standard InChI is InChI=1S/C19H18ClNO3S/c1-2-24-19(23)11-8-14-6-9-16(10-7-14)21-18(22)13-25-17-5-3-4-15(20)12-17/h3-12H,2,13H2,1H3,(H,21,22)/b11-8+. The van der Waals surface area contributed by atoms with Crippen molar-refractivity contribution >= 4 is 47.0 Å². The highest BCUT2D eigenvalue weighted by molar-refractivity contribution is 8.00. The Bertz CT molecular complexity index is 760. The van der Waals surface area contributed by atoms with E-state index in [9.17, 15) is 9.59 Å². The van der Waals surface area contributed by atoms with Gasteiger partial charge in [0.15, 0.2) is 0 Å². The van der Waals surface area contributed by atoms with Crippen molar-refractivity contribution in [2.24, 2.45) is 0 Å². The molecule has 25 heavy (non-hydrogen) atoms. The van der Waals surface area contributed by atoms with E-state index in [1.165, 1.54) is 17.8 Å². The lowest BCUT2D eigenvalue weighted by Crippen LogP contribution is -2.13. The molecule has 0 atom stereocenters. The largest absolute Gasteiger partial charge is 0.463 e. The summed E-state index contributed by atoms with van der Waals surface area (Å²) in [5.41, 5.74) is 1.55.